The molecule has 0 atom stereocenters. The van der Waals surface area contributed by atoms with Gasteiger partial charge >= 0.3 is 57.4 Å². The van der Waals surface area contributed by atoms with E-state index in [0.717, 1.165) is 6.92 Å². The van der Waals surface area contributed by atoms with Gasteiger partial charge in [-0.25, -0.2) is 4.79 Å². The Hall–Kier alpha value is -0.734. The summed E-state index contributed by atoms with van der Waals surface area (Å²) in [4.78, 5) is 30.3. The van der Waals surface area contributed by atoms with Crippen molar-refractivity contribution in [1.82, 2.24) is 0 Å². The predicted octanol–water partition coefficient (Wildman–Crippen LogP) is -2.54. The van der Waals surface area contributed by atoms with Gasteiger partial charge in [0.25, 0.3) is 5.97 Å². The molecular weight excluding hydrogens is 279 g/mol. The number of carboxylic acids is 3. The molecule has 98 valence electrons. The summed E-state index contributed by atoms with van der Waals surface area (Å²) < 4.78 is 0. The minimum absolute atomic E-state index is 0. The zero-order valence-corrected chi connectivity index (χ0v) is 14.3. The smallest absolute Gasteiger partial charge is 0.545 e. The fraction of sp³-hybridized carbons (Fsp3) is 0.250. The van der Waals surface area contributed by atoms with Crippen LogP contribution in [0.3, 0.4) is 0 Å². The Balaban J connectivity index is 0. The van der Waals surface area contributed by atoms with Crippen LogP contribution < -0.4 is 56.5 Å². The first-order valence-electron chi connectivity index (χ1n) is 4.92. The van der Waals surface area contributed by atoms with Crippen molar-refractivity contribution in [2.24, 2.45) is 0 Å². The molecule has 6 nitrogen and oxygen atoms in total. The number of carbonyl (C=O) groups is 3. The number of carboxylic acid groups (broad SMARTS) is 3. The molecule has 1 rings (SSSR count). The predicted molar refractivity (Wildman–Crippen MR) is 60.5 cm³/mol. The van der Waals surface area contributed by atoms with E-state index >= 15 is 0 Å². The maximum atomic E-state index is 10.7. The van der Waals surface area contributed by atoms with Crippen LogP contribution in [0.5, 0.6) is 0 Å². The summed E-state index contributed by atoms with van der Waals surface area (Å²) in [6.07, 6.45) is 0. The fourth-order valence-electron chi connectivity index (χ4n) is 1.27. The van der Waals surface area contributed by atoms with Gasteiger partial charge in [0, 0.05) is 12.5 Å². The first-order chi connectivity index (χ1) is 8.18. The van der Waals surface area contributed by atoms with Gasteiger partial charge < -0.3 is 20.1 Å². The van der Waals surface area contributed by atoms with E-state index in [4.69, 9.17) is 15.0 Å². The largest absolute Gasteiger partial charge is 1.00 e. The first kappa shape index (κ1) is 20.6. The molecule has 19 heavy (non-hydrogen) atoms. The summed E-state index contributed by atoms with van der Waals surface area (Å²) >= 11 is 0. The Morgan fingerprint density at radius 1 is 1.00 bits per heavy atom. The van der Waals surface area contributed by atoms with E-state index in [0.29, 0.717) is 11.1 Å². The molecule has 0 amide bonds. The maximum absolute atomic E-state index is 10.7. The minimum Gasteiger partial charge on any atom is -0.545 e. The van der Waals surface area contributed by atoms with Crippen LogP contribution in [-0.4, -0.2) is 28.1 Å². The molecule has 0 aliphatic rings. The molecule has 0 heterocycles. The molecule has 0 saturated carbocycles. The van der Waals surface area contributed by atoms with Crippen LogP contribution in [0.4, 0.5) is 0 Å². The summed E-state index contributed by atoms with van der Waals surface area (Å²) in [6.45, 7) is 4.22. The van der Waals surface area contributed by atoms with Gasteiger partial charge in [-0.05, 0) is 31.0 Å². The molecule has 0 fully saturated rings. The van der Waals surface area contributed by atoms with Crippen molar-refractivity contribution in [3.63, 3.8) is 0 Å². The van der Waals surface area contributed by atoms with Gasteiger partial charge in [0.1, 0.15) is 0 Å². The molecule has 0 spiro atoms. The molecule has 0 unspecified atom stereocenters. The van der Waals surface area contributed by atoms with Crippen LogP contribution >= 0.6 is 0 Å². The molecule has 0 aliphatic carbocycles. The third-order valence-electron chi connectivity index (χ3n) is 2.24. The number of hydrogen-bond acceptors (Lipinski definition) is 4. The summed E-state index contributed by atoms with van der Waals surface area (Å²) in [5, 5.41) is 26.8. The van der Waals surface area contributed by atoms with Crippen molar-refractivity contribution in [3.8, 4) is 0 Å². The van der Waals surface area contributed by atoms with Crippen LogP contribution in [0.2, 0.25) is 0 Å². The summed E-state index contributed by atoms with van der Waals surface area (Å²) in [5.41, 5.74) is 1.05. The second-order valence-electron chi connectivity index (χ2n) is 3.52. The van der Waals surface area contributed by atoms with Crippen LogP contribution in [0, 0.1) is 13.8 Å². The molecule has 1 aromatic carbocycles. The third kappa shape index (κ3) is 6.83. The Morgan fingerprint density at radius 3 is 1.63 bits per heavy atom. The van der Waals surface area contributed by atoms with E-state index in [1.54, 1.807) is 13.8 Å². The van der Waals surface area contributed by atoms with E-state index in [-0.39, 0.29) is 62.5 Å². The number of aliphatic carboxylic acids is 1. The molecule has 0 aromatic heterocycles. The first-order valence-corrected chi connectivity index (χ1v) is 4.92. The van der Waals surface area contributed by atoms with Gasteiger partial charge in [-0.3, -0.25) is 4.79 Å². The Morgan fingerprint density at radius 2 is 1.32 bits per heavy atom. The summed E-state index contributed by atoms with van der Waals surface area (Å²) in [6, 6.07) is 2.52. The Kier molecular flexibility index (Phi) is 9.98. The number of rotatable bonds is 2. The standard InChI is InChI=1S/C10H10O4.C2H4O2.K/c1-5-6(2)8(10(13)14)4-3-7(5)9(11)12;1-2(3)4;/h3-4H,1-2H3,(H,11,12)(H,13,14);1H3,(H,3,4);/q;;+1/p-1. The van der Waals surface area contributed by atoms with Gasteiger partial charge in [-0.2, -0.15) is 0 Å². The van der Waals surface area contributed by atoms with E-state index < -0.39 is 17.9 Å². The average molecular weight is 292 g/mol. The van der Waals surface area contributed by atoms with Crippen molar-refractivity contribution >= 4 is 17.9 Å². The molecule has 0 aliphatic heterocycles. The summed E-state index contributed by atoms with van der Waals surface area (Å²) in [7, 11) is 0. The Bertz CT molecular complexity index is 452. The van der Waals surface area contributed by atoms with Gasteiger partial charge in [0.2, 0.25) is 0 Å². The molecule has 2 N–H and O–H groups in total. The molecule has 0 radical (unpaired) electrons. The third-order valence-corrected chi connectivity index (χ3v) is 2.24. The molecule has 1 aromatic rings. The van der Waals surface area contributed by atoms with Crippen molar-refractivity contribution in [2.75, 3.05) is 0 Å². The van der Waals surface area contributed by atoms with Gasteiger partial charge in [-0.15, -0.1) is 0 Å². The maximum Gasteiger partial charge on any atom is 1.00 e. The molecule has 0 saturated heterocycles. The molecular formula is C12H13KO6. The normalized spacial score (nSPS) is 8.58. The van der Waals surface area contributed by atoms with E-state index in [9.17, 15) is 14.7 Å². The molecule has 0 bridgehead atoms. The van der Waals surface area contributed by atoms with E-state index in [1.807, 2.05) is 0 Å². The monoisotopic (exact) mass is 292 g/mol. The van der Waals surface area contributed by atoms with Crippen LogP contribution in [0.1, 0.15) is 38.8 Å². The number of aromatic carboxylic acids is 2. The van der Waals surface area contributed by atoms with Gasteiger partial charge in [0.15, 0.2) is 0 Å². The van der Waals surface area contributed by atoms with Crippen molar-refractivity contribution in [1.29, 1.82) is 0 Å². The van der Waals surface area contributed by atoms with E-state index in [1.165, 1.54) is 12.1 Å². The zero-order chi connectivity index (χ0) is 14.5. The van der Waals surface area contributed by atoms with Gasteiger partial charge in [0.05, 0.1) is 11.5 Å². The van der Waals surface area contributed by atoms with Crippen molar-refractivity contribution in [2.45, 2.75) is 20.8 Å². The number of carbonyl (C=O) groups excluding carboxylic acids is 1. The van der Waals surface area contributed by atoms with Crippen molar-refractivity contribution in [3.05, 3.63) is 34.4 Å². The topological polar surface area (TPSA) is 115 Å². The summed E-state index contributed by atoms with van der Waals surface area (Å²) in [5.74, 6) is -3.18. The van der Waals surface area contributed by atoms with Crippen LogP contribution in [0.25, 0.3) is 0 Å². The zero-order valence-electron chi connectivity index (χ0n) is 11.2. The second kappa shape index (κ2) is 9.21. The van der Waals surface area contributed by atoms with E-state index in [2.05, 4.69) is 0 Å². The Labute approximate surface area is 152 Å². The SMILES string of the molecule is CC(=O)O.Cc1c(C(=O)[O-])ccc(C(=O)O)c1C.[K+]. The number of benzene rings is 1. The average Bonchev–Trinajstić information content (AvgIpc) is 2.19. The second-order valence-corrected chi connectivity index (χ2v) is 3.52. The fourth-order valence-corrected chi connectivity index (χ4v) is 1.27. The van der Waals surface area contributed by atoms with Crippen molar-refractivity contribution < 1.29 is 81.1 Å². The van der Waals surface area contributed by atoms with Crippen LogP contribution in [-0.2, 0) is 4.79 Å². The number of hydrogen-bond donors (Lipinski definition) is 2. The van der Waals surface area contributed by atoms with Gasteiger partial charge in [-0.1, -0.05) is 6.07 Å². The molecule has 7 heteroatoms. The quantitative estimate of drug-likeness (QED) is 0.580. The minimum atomic E-state index is -1.29. The van der Waals surface area contributed by atoms with Crippen LogP contribution in [0.15, 0.2) is 12.1 Å².